The highest BCUT2D eigenvalue weighted by atomic mass is 32.1. The predicted octanol–water partition coefficient (Wildman–Crippen LogP) is 3.58. The molecule has 1 saturated heterocycles. The SMILES string of the molecule is Cc1nc(COc2ccc(C(=O)NCc3ccc(N4CCOC(C)C4)nc3)cc2)cs1. The van der Waals surface area contributed by atoms with Crippen molar-refractivity contribution in [3.63, 3.8) is 0 Å². The Kier molecular flexibility index (Phi) is 6.79. The Morgan fingerprint density at radius 3 is 2.81 bits per heavy atom. The predicted molar refractivity (Wildman–Crippen MR) is 121 cm³/mol. The topological polar surface area (TPSA) is 76.6 Å². The smallest absolute Gasteiger partial charge is 0.251 e. The first-order chi connectivity index (χ1) is 15.1. The number of hydrogen-bond acceptors (Lipinski definition) is 7. The molecule has 1 unspecified atom stereocenters. The lowest BCUT2D eigenvalue weighted by Gasteiger charge is -2.32. The van der Waals surface area contributed by atoms with Gasteiger partial charge in [-0.2, -0.15) is 0 Å². The van der Waals surface area contributed by atoms with E-state index >= 15 is 0 Å². The van der Waals surface area contributed by atoms with E-state index in [2.05, 4.69) is 27.1 Å². The molecule has 1 aliphatic rings. The maximum Gasteiger partial charge on any atom is 0.251 e. The van der Waals surface area contributed by atoms with Gasteiger partial charge in [0.05, 0.1) is 23.4 Å². The second-order valence-corrected chi connectivity index (χ2v) is 8.57. The second kappa shape index (κ2) is 9.89. The Morgan fingerprint density at radius 2 is 2.13 bits per heavy atom. The van der Waals surface area contributed by atoms with E-state index < -0.39 is 0 Å². The summed E-state index contributed by atoms with van der Waals surface area (Å²) in [4.78, 5) is 23.6. The van der Waals surface area contributed by atoms with Gasteiger partial charge in [-0.15, -0.1) is 11.3 Å². The summed E-state index contributed by atoms with van der Waals surface area (Å²) in [6.45, 7) is 7.28. The minimum atomic E-state index is -0.132. The van der Waals surface area contributed by atoms with E-state index in [1.165, 1.54) is 0 Å². The van der Waals surface area contributed by atoms with E-state index in [1.807, 2.05) is 30.6 Å². The summed E-state index contributed by atoms with van der Waals surface area (Å²) in [5.74, 6) is 1.51. The highest BCUT2D eigenvalue weighted by Crippen LogP contribution is 2.17. The Labute approximate surface area is 186 Å². The molecular weight excluding hydrogens is 412 g/mol. The molecule has 0 radical (unpaired) electrons. The number of nitrogens with zero attached hydrogens (tertiary/aromatic N) is 3. The number of ether oxygens (including phenoxy) is 2. The largest absolute Gasteiger partial charge is 0.487 e. The van der Waals surface area contributed by atoms with Crippen molar-refractivity contribution in [2.75, 3.05) is 24.6 Å². The molecule has 3 heterocycles. The number of pyridine rings is 1. The summed E-state index contributed by atoms with van der Waals surface area (Å²) in [5.41, 5.74) is 2.45. The molecule has 1 N–H and O–H groups in total. The van der Waals surface area contributed by atoms with Crippen LogP contribution in [0.25, 0.3) is 0 Å². The number of amides is 1. The van der Waals surface area contributed by atoms with Crippen molar-refractivity contribution in [2.45, 2.75) is 33.1 Å². The standard InChI is InChI=1S/C23H26N4O3S/c1-16-13-27(9-10-29-16)22-8-3-18(11-24-22)12-25-23(28)19-4-6-21(7-5-19)30-14-20-15-31-17(2)26-20/h3-8,11,15-16H,9-10,12-14H2,1-2H3,(H,25,28). The summed E-state index contributed by atoms with van der Waals surface area (Å²) in [6.07, 6.45) is 2.02. The van der Waals surface area contributed by atoms with Gasteiger partial charge in [-0.05, 0) is 49.7 Å². The van der Waals surface area contributed by atoms with E-state index in [4.69, 9.17) is 9.47 Å². The average Bonchev–Trinajstić information content (AvgIpc) is 3.22. The van der Waals surface area contributed by atoms with Crippen molar-refractivity contribution >= 4 is 23.1 Å². The van der Waals surface area contributed by atoms with Crippen molar-refractivity contribution in [3.8, 4) is 5.75 Å². The van der Waals surface area contributed by atoms with Crippen LogP contribution in [0.5, 0.6) is 5.75 Å². The van der Waals surface area contributed by atoms with Gasteiger partial charge in [0.25, 0.3) is 5.91 Å². The highest BCUT2D eigenvalue weighted by Gasteiger charge is 2.17. The van der Waals surface area contributed by atoms with Gasteiger partial charge in [0.2, 0.25) is 0 Å². The van der Waals surface area contributed by atoms with E-state index in [0.717, 1.165) is 41.8 Å². The zero-order valence-electron chi connectivity index (χ0n) is 17.7. The average molecular weight is 439 g/mol. The first-order valence-electron chi connectivity index (χ1n) is 10.3. The van der Waals surface area contributed by atoms with Crippen LogP contribution in [0.2, 0.25) is 0 Å². The van der Waals surface area contributed by atoms with Crippen molar-refractivity contribution in [3.05, 3.63) is 69.8 Å². The quantitative estimate of drug-likeness (QED) is 0.608. The molecule has 1 fully saturated rings. The minimum absolute atomic E-state index is 0.132. The van der Waals surface area contributed by atoms with Crippen LogP contribution < -0.4 is 15.0 Å². The number of carbonyl (C=O) groups is 1. The van der Waals surface area contributed by atoms with E-state index in [-0.39, 0.29) is 12.0 Å². The third kappa shape index (κ3) is 5.80. The second-order valence-electron chi connectivity index (χ2n) is 7.51. The molecular formula is C23H26N4O3S. The first kappa shape index (κ1) is 21.3. The Bertz CT molecular complexity index is 1000. The molecule has 0 saturated carbocycles. The zero-order valence-corrected chi connectivity index (χ0v) is 18.5. The summed E-state index contributed by atoms with van der Waals surface area (Å²) in [5, 5.41) is 5.95. The molecule has 1 aromatic carbocycles. The number of aromatic nitrogens is 2. The number of thiazole rings is 1. The lowest BCUT2D eigenvalue weighted by Crippen LogP contribution is -2.41. The van der Waals surface area contributed by atoms with Gasteiger partial charge in [-0.1, -0.05) is 6.07 Å². The Morgan fingerprint density at radius 1 is 1.29 bits per heavy atom. The van der Waals surface area contributed by atoms with Crippen LogP contribution in [0.4, 0.5) is 5.82 Å². The molecule has 31 heavy (non-hydrogen) atoms. The fraction of sp³-hybridized carbons (Fsp3) is 0.348. The van der Waals surface area contributed by atoms with Gasteiger partial charge in [0.15, 0.2) is 0 Å². The normalized spacial score (nSPS) is 16.2. The lowest BCUT2D eigenvalue weighted by atomic mass is 10.2. The maximum absolute atomic E-state index is 12.5. The molecule has 1 aliphatic heterocycles. The fourth-order valence-corrected chi connectivity index (χ4v) is 3.95. The molecule has 1 amide bonds. The van der Waals surface area contributed by atoms with E-state index in [0.29, 0.717) is 24.5 Å². The first-order valence-corrected chi connectivity index (χ1v) is 11.2. The monoisotopic (exact) mass is 438 g/mol. The van der Waals surface area contributed by atoms with Gasteiger partial charge in [-0.3, -0.25) is 4.79 Å². The van der Waals surface area contributed by atoms with Gasteiger partial charge in [-0.25, -0.2) is 9.97 Å². The zero-order chi connectivity index (χ0) is 21.6. The fourth-order valence-electron chi connectivity index (χ4n) is 3.35. The molecule has 0 bridgehead atoms. The molecule has 162 valence electrons. The number of benzene rings is 1. The molecule has 8 heteroatoms. The third-order valence-corrected chi connectivity index (χ3v) is 5.82. The lowest BCUT2D eigenvalue weighted by molar-refractivity contribution is 0.0529. The maximum atomic E-state index is 12.5. The van der Waals surface area contributed by atoms with Gasteiger partial charge in [0, 0.05) is 36.8 Å². The van der Waals surface area contributed by atoms with Crippen LogP contribution in [-0.2, 0) is 17.9 Å². The number of hydrogen-bond donors (Lipinski definition) is 1. The van der Waals surface area contributed by atoms with Gasteiger partial charge >= 0.3 is 0 Å². The Hall–Kier alpha value is -2.97. The number of rotatable bonds is 7. The minimum Gasteiger partial charge on any atom is -0.487 e. The summed E-state index contributed by atoms with van der Waals surface area (Å²) >= 11 is 1.60. The number of nitrogens with one attached hydrogen (secondary N) is 1. The van der Waals surface area contributed by atoms with E-state index in [1.54, 1.807) is 35.6 Å². The molecule has 7 nitrogen and oxygen atoms in total. The third-order valence-electron chi connectivity index (χ3n) is 5.00. The molecule has 3 aromatic rings. The van der Waals surface area contributed by atoms with Gasteiger partial charge in [0.1, 0.15) is 18.2 Å². The summed E-state index contributed by atoms with van der Waals surface area (Å²) in [6, 6.07) is 11.1. The number of anilines is 1. The van der Waals surface area contributed by atoms with Crippen LogP contribution in [-0.4, -0.2) is 41.7 Å². The van der Waals surface area contributed by atoms with Crippen molar-refractivity contribution in [2.24, 2.45) is 0 Å². The molecule has 1 atom stereocenters. The number of aryl methyl sites for hydroxylation is 1. The van der Waals surface area contributed by atoms with Crippen LogP contribution in [0.15, 0.2) is 48.0 Å². The molecule has 4 rings (SSSR count). The van der Waals surface area contributed by atoms with Crippen molar-refractivity contribution in [1.82, 2.24) is 15.3 Å². The van der Waals surface area contributed by atoms with Crippen molar-refractivity contribution in [1.29, 1.82) is 0 Å². The highest BCUT2D eigenvalue weighted by molar-refractivity contribution is 7.09. The Balaban J connectivity index is 1.26. The van der Waals surface area contributed by atoms with Crippen LogP contribution >= 0.6 is 11.3 Å². The van der Waals surface area contributed by atoms with E-state index in [9.17, 15) is 4.79 Å². The molecule has 0 spiro atoms. The van der Waals surface area contributed by atoms with Crippen LogP contribution in [0.1, 0.15) is 33.5 Å². The van der Waals surface area contributed by atoms with Crippen LogP contribution in [0.3, 0.4) is 0 Å². The molecule has 2 aromatic heterocycles. The summed E-state index contributed by atoms with van der Waals surface area (Å²) in [7, 11) is 0. The summed E-state index contributed by atoms with van der Waals surface area (Å²) < 4.78 is 11.3. The van der Waals surface area contributed by atoms with Gasteiger partial charge < -0.3 is 19.7 Å². The molecule has 0 aliphatic carbocycles. The number of morpholine rings is 1. The van der Waals surface area contributed by atoms with Crippen molar-refractivity contribution < 1.29 is 14.3 Å². The van der Waals surface area contributed by atoms with Crippen LogP contribution in [0, 0.1) is 6.92 Å². The number of carbonyl (C=O) groups excluding carboxylic acids is 1.